The van der Waals surface area contributed by atoms with Crippen molar-refractivity contribution in [3.05, 3.63) is 90.6 Å². The van der Waals surface area contributed by atoms with Crippen LogP contribution in [0.2, 0.25) is 0 Å². The Morgan fingerprint density at radius 1 is 0.808 bits per heavy atom. The van der Waals surface area contributed by atoms with Crippen LogP contribution in [0.15, 0.2) is 79.3 Å². The molecule has 0 aliphatic rings. The van der Waals surface area contributed by atoms with Crippen molar-refractivity contribution in [1.82, 2.24) is 24.6 Å². The van der Waals surface area contributed by atoms with Gasteiger partial charge in [-0.25, -0.2) is 4.98 Å². The van der Waals surface area contributed by atoms with Gasteiger partial charge in [0.25, 0.3) is 5.78 Å². The molecule has 0 fully saturated rings. The van der Waals surface area contributed by atoms with Gasteiger partial charge < -0.3 is 0 Å². The fourth-order valence-electron chi connectivity index (χ4n) is 3.15. The molecule has 3 heterocycles. The number of hydrogen-bond acceptors (Lipinski definition) is 4. The highest BCUT2D eigenvalue weighted by Crippen LogP contribution is 2.20. The number of nitrogens with zero attached hydrogens (tertiary/aromatic N) is 5. The van der Waals surface area contributed by atoms with Gasteiger partial charge in [-0.3, -0.25) is 9.38 Å². The largest absolute Gasteiger partial charge is 0.269 e. The van der Waals surface area contributed by atoms with E-state index in [2.05, 4.69) is 56.7 Å². The molecular weight excluding hydrogens is 322 g/mol. The van der Waals surface area contributed by atoms with Gasteiger partial charge in [0.2, 0.25) is 0 Å². The zero-order valence-corrected chi connectivity index (χ0v) is 13.9. The van der Waals surface area contributed by atoms with Crippen molar-refractivity contribution in [2.45, 2.75) is 6.42 Å². The van der Waals surface area contributed by atoms with E-state index in [0.29, 0.717) is 12.2 Å². The van der Waals surface area contributed by atoms with Crippen LogP contribution < -0.4 is 0 Å². The molecule has 3 aromatic heterocycles. The zero-order valence-electron chi connectivity index (χ0n) is 13.9. The molecule has 0 unspecified atom stereocenters. The van der Waals surface area contributed by atoms with Gasteiger partial charge in [0.05, 0.1) is 5.52 Å². The van der Waals surface area contributed by atoms with Crippen LogP contribution in [0.4, 0.5) is 0 Å². The SMILES string of the molecule is c1ccc(-c2cnc3nnc(Cc4ccc5ncccc5c4)n3c2)cc1. The molecule has 0 N–H and O–H groups in total. The number of aromatic nitrogens is 5. The Kier molecular flexibility index (Phi) is 3.42. The van der Waals surface area contributed by atoms with Gasteiger partial charge in [-0.15, -0.1) is 10.2 Å². The van der Waals surface area contributed by atoms with Crippen LogP contribution in [0.25, 0.3) is 27.8 Å². The first-order chi connectivity index (χ1) is 12.9. The molecule has 0 bridgehead atoms. The average molecular weight is 337 g/mol. The maximum Gasteiger partial charge on any atom is 0.254 e. The lowest BCUT2D eigenvalue weighted by molar-refractivity contribution is 0.934. The van der Waals surface area contributed by atoms with Crippen molar-refractivity contribution >= 4 is 16.7 Å². The first-order valence-electron chi connectivity index (χ1n) is 8.45. The normalized spacial score (nSPS) is 11.2. The summed E-state index contributed by atoms with van der Waals surface area (Å²) in [7, 11) is 0. The summed E-state index contributed by atoms with van der Waals surface area (Å²) in [5.41, 5.74) is 4.33. The van der Waals surface area contributed by atoms with Gasteiger partial charge >= 0.3 is 0 Å². The summed E-state index contributed by atoms with van der Waals surface area (Å²) in [4.78, 5) is 8.82. The highest BCUT2D eigenvalue weighted by molar-refractivity contribution is 5.79. The van der Waals surface area contributed by atoms with Gasteiger partial charge in [-0.2, -0.15) is 0 Å². The number of hydrogen-bond donors (Lipinski definition) is 0. The predicted molar refractivity (Wildman–Crippen MR) is 101 cm³/mol. The molecule has 124 valence electrons. The van der Waals surface area contributed by atoms with Gasteiger partial charge in [0.15, 0.2) is 0 Å². The summed E-state index contributed by atoms with van der Waals surface area (Å²) in [6.07, 6.45) is 6.39. The smallest absolute Gasteiger partial charge is 0.254 e. The molecule has 0 radical (unpaired) electrons. The number of benzene rings is 2. The third-order valence-corrected chi connectivity index (χ3v) is 4.47. The van der Waals surface area contributed by atoms with E-state index in [1.165, 1.54) is 5.56 Å². The molecular formula is C21H15N5. The van der Waals surface area contributed by atoms with E-state index < -0.39 is 0 Å². The van der Waals surface area contributed by atoms with Gasteiger partial charge in [0.1, 0.15) is 5.82 Å². The second kappa shape index (κ2) is 6.04. The molecule has 5 heteroatoms. The quantitative estimate of drug-likeness (QED) is 0.500. The Bertz CT molecular complexity index is 1210. The number of rotatable bonds is 3. The fourth-order valence-corrected chi connectivity index (χ4v) is 3.15. The lowest BCUT2D eigenvalue weighted by Crippen LogP contribution is -1.98. The maximum atomic E-state index is 4.45. The van der Waals surface area contributed by atoms with Crippen LogP contribution in [0.1, 0.15) is 11.4 Å². The molecule has 0 aliphatic heterocycles. The second-order valence-electron chi connectivity index (χ2n) is 6.20. The van der Waals surface area contributed by atoms with Crippen LogP contribution >= 0.6 is 0 Å². The minimum Gasteiger partial charge on any atom is -0.269 e. The lowest BCUT2D eigenvalue weighted by atomic mass is 10.1. The van der Waals surface area contributed by atoms with Crippen LogP contribution in [0.3, 0.4) is 0 Å². The van der Waals surface area contributed by atoms with Crippen molar-refractivity contribution < 1.29 is 0 Å². The number of fused-ring (bicyclic) bond motifs is 2. The Morgan fingerprint density at radius 3 is 2.65 bits per heavy atom. The van der Waals surface area contributed by atoms with Gasteiger partial charge in [-0.1, -0.05) is 42.5 Å². The van der Waals surface area contributed by atoms with Crippen LogP contribution in [0, 0.1) is 0 Å². The first-order valence-corrected chi connectivity index (χ1v) is 8.45. The summed E-state index contributed by atoms with van der Waals surface area (Å²) in [5.74, 6) is 1.48. The van der Waals surface area contributed by atoms with Crippen LogP contribution in [-0.2, 0) is 6.42 Å². The second-order valence-corrected chi connectivity index (χ2v) is 6.20. The van der Waals surface area contributed by atoms with Crippen molar-refractivity contribution in [3.8, 4) is 11.1 Å². The molecule has 5 rings (SSSR count). The van der Waals surface area contributed by atoms with E-state index in [0.717, 1.165) is 27.9 Å². The third-order valence-electron chi connectivity index (χ3n) is 4.47. The fraction of sp³-hybridized carbons (Fsp3) is 0.0476. The number of pyridine rings is 1. The Hall–Kier alpha value is -3.60. The van der Waals surface area contributed by atoms with Crippen molar-refractivity contribution in [1.29, 1.82) is 0 Å². The van der Waals surface area contributed by atoms with Crippen molar-refractivity contribution in [2.24, 2.45) is 0 Å². The molecule has 0 aliphatic carbocycles. The minimum atomic E-state index is 0.613. The summed E-state index contributed by atoms with van der Waals surface area (Å²) in [5, 5.41) is 9.67. The molecule has 0 saturated heterocycles. The third kappa shape index (κ3) is 2.59. The zero-order chi connectivity index (χ0) is 17.3. The topological polar surface area (TPSA) is 56.0 Å². The van der Waals surface area contributed by atoms with E-state index in [1.807, 2.05) is 47.1 Å². The van der Waals surface area contributed by atoms with E-state index in [-0.39, 0.29) is 0 Å². The molecule has 5 aromatic rings. The summed E-state index contributed by atoms with van der Waals surface area (Å²) >= 11 is 0. The standard InChI is InChI=1S/C21H15N5/c1-2-5-16(6-3-1)18-13-23-21-25-24-20(26(21)14-18)12-15-8-9-19-17(11-15)7-4-10-22-19/h1-11,13-14H,12H2. The molecule has 0 spiro atoms. The van der Waals surface area contributed by atoms with Crippen LogP contribution in [-0.4, -0.2) is 24.6 Å². The highest BCUT2D eigenvalue weighted by atomic mass is 15.3. The predicted octanol–water partition coefficient (Wildman–Crippen LogP) is 3.93. The molecule has 0 atom stereocenters. The van der Waals surface area contributed by atoms with Crippen LogP contribution in [0.5, 0.6) is 0 Å². The van der Waals surface area contributed by atoms with E-state index in [9.17, 15) is 0 Å². The highest BCUT2D eigenvalue weighted by Gasteiger charge is 2.09. The maximum absolute atomic E-state index is 4.45. The van der Waals surface area contributed by atoms with Crippen molar-refractivity contribution in [3.63, 3.8) is 0 Å². The summed E-state index contributed by atoms with van der Waals surface area (Å²) in [6, 6.07) is 20.5. The molecule has 0 saturated carbocycles. The summed E-state index contributed by atoms with van der Waals surface area (Å²) < 4.78 is 1.97. The molecule has 26 heavy (non-hydrogen) atoms. The first kappa shape index (κ1) is 14.7. The Labute approximate surface area is 150 Å². The van der Waals surface area contributed by atoms with E-state index in [1.54, 1.807) is 0 Å². The van der Waals surface area contributed by atoms with E-state index >= 15 is 0 Å². The Balaban J connectivity index is 1.55. The van der Waals surface area contributed by atoms with E-state index in [4.69, 9.17) is 0 Å². The minimum absolute atomic E-state index is 0.613. The van der Waals surface area contributed by atoms with Gasteiger partial charge in [0, 0.05) is 36.0 Å². The van der Waals surface area contributed by atoms with Crippen molar-refractivity contribution in [2.75, 3.05) is 0 Å². The molecule has 0 amide bonds. The molecule has 5 nitrogen and oxygen atoms in total. The molecule has 2 aromatic carbocycles. The summed E-state index contributed by atoms with van der Waals surface area (Å²) in [6.45, 7) is 0. The average Bonchev–Trinajstić information content (AvgIpc) is 3.10. The lowest BCUT2D eigenvalue weighted by Gasteiger charge is -2.05. The monoisotopic (exact) mass is 337 g/mol. The van der Waals surface area contributed by atoms with Gasteiger partial charge in [-0.05, 0) is 29.3 Å². The Morgan fingerprint density at radius 2 is 1.73 bits per heavy atom.